The van der Waals surface area contributed by atoms with Crippen LogP contribution in [-0.4, -0.2) is 18.7 Å². The fourth-order valence-electron chi connectivity index (χ4n) is 3.17. The van der Waals surface area contributed by atoms with Crippen LogP contribution >= 0.6 is 11.6 Å². The van der Waals surface area contributed by atoms with E-state index in [1.165, 1.54) is 0 Å². The Morgan fingerprint density at radius 1 is 1.29 bits per heavy atom. The van der Waals surface area contributed by atoms with Crippen LogP contribution in [0.15, 0.2) is 24.3 Å². The van der Waals surface area contributed by atoms with E-state index < -0.39 is 23.4 Å². The maximum Gasteiger partial charge on any atom is 0.392 e. The molecule has 21 heavy (non-hydrogen) atoms. The first kappa shape index (κ1) is 16.5. The third-order valence-corrected chi connectivity index (χ3v) is 4.75. The number of hydrogen-bond acceptors (Lipinski definition) is 1. The molecule has 0 aromatic heterocycles. The molecule has 1 nitrogen and oxygen atoms in total. The zero-order valence-corrected chi connectivity index (χ0v) is 12.8. The average molecular weight is 321 g/mol. The van der Waals surface area contributed by atoms with Gasteiger partial charge in [-0.15, -0.1) is 11.6 Å². The van der Waals surface area contributed by atoms with E-state index in [1.54, 1.807) is 7.11 Å². The summed E-state index contributed by atoms with van der Waals surface area (Å²) in [5.41, 5.74) is 0.917. The highest BCUT2D eigenvalue weighted by Crippen LogP contribution is 2.44. The lowest BCUT2D eigenvalue weighted by Gasteiger charge is -2.35. The SMILES string of the molecule is COc1cccc(CC(Cl)C2CCCCC2C(F)(F)F)c1. The molecule has 0 aliphatic heterocycles. The molecule has 1 fully saturated rings. The zero-order chi connectivity index (χ0) is 15.5. The van der Waals surface area contributed by atoms with Crippen molar-refractivity contribution in [2.24, 2.45) is 11.8 Å². The second-order valence-corrected chi connectivity index (χ2v) is 6.23. The summed E-state index contributed by atoms with van der Waals surface area (Å²) in [6.45, 7) is 0. The van der Waals surface area contributed by atoms with Crippen molar-refractivity contribution < 1.29 is 17.9 Å². The molecule has 0 heterocycles. The Morgan fingerprint density at radius 2 is 2.00 bits per heavy atom. The molecular weight excluding hydrogens is 301 g/mol. The van der Waals surface area contributed by atoms with Crippen molar-refractivity contribution in [3.05, 3.63) is 29.8 Å². The molecule has 118 valence electrons. The summed E-state index contributed by atoms with van der Waals surface area (Å²) in [4.78, 5) is 0. The lowest BCUT2D eigenvalue weighted by Crippen LogP contribution is -2.38. The minimum atomic E-state index is -4.15. The molecule has 1 saturated carbocycles. The van der Waals surface area contributed by atoms with Gasteiger partial charge in [-0.2, -0.15) is 13.2 Å². The van der Waals surface area contributed by atoms with E-state index >= 15 is 0 Å². The summed E-state index contributed by atoms with van der Waals surface area (Å²) in [5, 5.41) is -0.496. The minimum absolute atomic E-state index is 0.204. The third-order valence-electron chi connectivity index (χ3n) is 4.27. The fourth-order valence-corrected chi connectivity index (χ4v) is 3.65. The highest BCUT2D eigenvalue weighted by molar-refractivity contribution is 6.21. The van der Waals surface area contributed by atoms with E-state index in [0.29, 0.717) is 25.0 Å². The maximum absolute atomic E-state index is 13.1. The van der Waals surface area contributed by atoms with Crippen LogP contribution in [0.4, 0.5) is 13.2 Å². The molecule has 1 aromatic carbocycles. The van der Waals surface area contributed by atoms with Crippen molar-refractivity contribution in [1.82, 2.24) is 0 Å². The van der Waals surface area contributed by atoms with Gasteiger partial charge in [0.05, 0.1) is 13.0 Å². The Balaban J connectivity index is 2.08. The molecule has 0 spiro atoms. The van der Waals surface area contributed by atoms with Crippen LogP contribution in [0, 0.1) is 11.8 Å². The van der Waals surface area contributed by atoms with Crippen LogP contribution in [0.2, 0.25) is 0 Å². The van der Waals surface area contributed by atoms with Crippen LogP contribution in [0.25, 0.3) is 0 Å². The second-order valence-electron chi connectivity index (χ2n) is 5.67. The quantitative estimate of drug-likeness (QED) is 0.692. The number of ether oxygens (including phenoxy) is 1. The Hall–Kier alpha value is -0.900. The highest BCUT2D eigenvalue weighted by atomic mass is 35.5. The fraction of sp³-hybridized carbons (Fsp3) is 0.625. The van der Waals surface area contributed by atoms with Crippen molar-refractivity contribution in [2.45, 2.75) is 43.7 Å². The summed E-state index contributed by atoms with van der Waals surface area (Å²) >= 11 is 6.35. The molecule has 1 aliphatic carbocycles. The second kappa shape index (κ2) is 6.91. The molecule has 1 aliphatic rings. The van der Waals surface area contributed by atoms with E-state index in [2.05, 4.69) is 0 Å². The smallest absolute Gasteiger partial charge is 0.392 e. The maximum atomic E-state index is 13.1. The summed E-state index contributed by atoms with van der Waals surface area (Å²) in [7, 11) is 1.57. The van der Waals surface area contributed by atoms with Gasteiger partial charge in [0.2, 0.25) is 0 Å². The predicted octanol–water partition coefficient (Wildman–Crippen LogP) is 5.21. The van der Waals surface area contributed by atoms with E-state index in [1.807, 2.05) is 24.3 Å². The zero-order valence-electron chi connectivity index (χ0n) is 12.0. The normalized spacial score (nSPS) is 24.6. The molecule has 3 unspecified atom stereocenters. The van der Waals surface area contributed by atoms with Crippen LogP contribution < -0.4 is 4.74 Å². The molecular formula is C16H20ClF3O. The van der Waals surface area contributed by atoms with Gasteiger partial charge < -0.3 is 4.74 Å². The van der Waals surface area contributed by atoms with Crippen LogP contribution in [0.5, 0.6) is 5.75 Å². The summed E-state index contributed by atoms with van der Waals surface area (Å²) in [6, 6.07) is 7.36. The Labute approximate surface area is 128 Å². The van der Waals surface area contributed by atoms with Crippen LogP contribution in [-0.2, 0) is 6.42 Å². The van der Waals surface area contributed by atoms with Crippen molar-refractivity contribution in [3.8, 4) is 5.75 Å². The van der Waals surface area contributed by atoms with Crippen LogP contribution in [0.3, 0.4) is 0 Å². The lowest BCUT2D eigenvalue weighted by atomic mass is 9.75. The van der Waals surface area contributed by atoms with Gasteiger partial charge in [-0.1, -0.05) is 25.0 Å². The topological polar surface area (TPSA) is 9.23 Å². The number of hydrogen-bond donors (Lipinski definition) is 0. The first-order valence-corrected chi connectivity index (χ1v) is 7.69. The lowest BCUT2D eigenvalue weighted by molar-refractivity contribution is -0.196. The molecule has 5 heteroatoms. The Kier molecular flexibility index (Phi) is 5.42. The monoisotopic (exact) mass is 320 g/mol. The number of rotatable bonds is 4. The van der Waals surface area contributed by atoms with E-state index in [4.69, 9.17) is 16.3 Å². The van der Waals surface area contributed by atoms with Gasteiger partial charge in [0.25, 0.3) is 0 Å². The van der Waals surface area contributed by atoms with Gasteiger partial charge in [-0.25, -0.2) is 0 Å². The van der Waals surface area contributed by atoms with E-state index in [0.717, 1.165) is 12.0 Å². The van der Waals surface area contributed by atoms with E-state index in [-0.39, 0.29) is 6.42 Å². The minimum Gasteiger partial charge on any atom is -0.497 e. The Bertz CT molecular complexity index is 461. The van der Waals surface area contributed by atoms with Gasteiger partial charge in [0, 0.05) is 5.38 Å². The molecule has 3 atom stereocenters. The molecule has 2 rings (SSSR count). The largest absolute Gasteiger partial charge is 0.497 e. The third kappa shape index (κ3) is 4.29. The first-order valence-electron chi connectivity index (χ1n) is 7.25. The molecule has 0 saturated heterocycles. The van der Waals surface area contributed by atoms with Gasteiger partial charge in [-0.05, 0) is 42.9 Å². The highest BCUT2D eigenvalue weighted by Gasteiger charge is 2.47. The van der Waals surface area contributed by atoms with Crippen molar-refractivity contribution in [2.75, 3.05) is 7.11 Å². The van der Waals surface area contributed by atoms with Crippen molar-refractivity contribution >= 4 is 11.6 Å². The standard InChI is InChI=1S/C16H20ClF3O/c1-21-12-6-4-5-11(9-12)10-15(17)13-7-2-3-8-14(13)16(18,19)20/h4-6,9,13-15H,2-3,7-8,10H2,1H3. The molecule has 0 bridgehead atoms. The first-order chi connectivity index (χ1) is 9.91. The molecule has 1 aromatic rings. The summed E-state index contributed by atoms with van der Waals surface area (Å²) in [5.74, 6) is -1.06. The summed E-state index contributed by atoms with van der Waals surface area (Å²) < 4.78 is 44.5. The summed E-state index contributed by atoms with van der Waals surface area (Å²) in [6.07, 6.45) is -1.47. The van der Waals surface area contributed by atoms with Crippen LogP contribution in [0.1, 0.15) is 31.2 Å². The predicted molar refractivity (Wildman–Crippen MR) is 77.8 cm³/mol. The van der Waals surface area contributed by atoms with Gasteiger partial charge >= 0.3 is 6.18 Å². The number of benzene rings is 1. The molecule has 0 N–H and O–H groups in total. The molecule has 0 amide bonds. The number of methoxy groups -OCH3 is 1. The average Bonchev–Trinajstić information content (AvgIpc) is 2.46. The van der Waals surface area contributed by atoms with Gasteiger partial charge in [-0.3, -0.25) is 0 Å². The molecule has 0 radical (unpaired) electrons. The number of halogens is 4. The Morgan fingerprint density at radius 3 is 2.67 bits per heavy atom. The van der Waals surface area contributed by atoms with Crippen molar-refractivity contribution in [1.29, 1.82) is 0 Å². The van der Waals surface area contributed by atoms with Gasteiger partial charge in [0.1, 0.15) is 5.75 Å². The van der Waals surface area contributed by atoms with E-state index in [9.17, 15) is 13.2 Å². The van der Waals surface area contributed by atoms with Gasteiger partial charge in [0.15, 0.2) is 0 Å². The number of alkyl halides is 4. The van der Waals surface area contributed by atoms with Crippen molar-refractivity contribution in [3.63, 3.8) is 0 Å².